The van der Waals surface area contributed by atoms with Crippen molar-refractivity contribution in [3.05, 3.63) is 41.7 Å². The number of hydrogen-bond acceptors (Lipinski definition) is 5. The molecule has 0 bridgehead atoms. The Hall–Kier alpha value is -2.96. The normalized spacial score (nSPS) is 10.3. The van der Waals surface area contributed by atoms with Crippen molar-refractivity contribution in [1.29, 1.82) is 0 Å². The van der Waals surface area contributed by atoms with Gasteiger partial charge in [-0.1, -0.05) is 0 Å². The van der Waals surface area contributed by atoms with Crippen LogP contribution < -0.4 is 25.3 Å². The van der Waals surface area contributed by atoms with E-state index < -0.39 is 11.7 Å². The number of rotatable bonds is 8. The molecule has 140 valence electrons. The van der Waals surface area contributed by atoms with E-state index in [1.165, 1.54) is 12.1 Å². The molecule has 0 fully saturated rings. The van der Waals surface area contributed by atoms with Crippen LogP contribution in [-0.2, 0) is 0 Å². The maximum atomic E-state index is 13.6. The molecule has 2 rings (SSSR count). The molecule has 0 radical (unpaired) electrons. The monoisotopic (exact) mass is 362 g/mol. The van der Waals surface area contributed by atoms with Gasteiger partial charge in [0.05, 0.1) is 25.5 Å². The van der Waals surface area contributed by atoms with E-state index in [1.807, 2.05) is 20.8 Å². The summed E-state index contributed by atoms with van der Waals surface area (Å²) >= 11 is 0. The van der Waals surface area contributed by atoms with Crippen LogP contribution in [0.5, 0.6) is 17.2 Å². The van der Waals surface area contributed by atoms with E-state index in [0.29, 0.717) is 48.3 Å². The molecule has 0 heterocycles. The Morgan fingerprint density at radius 3 is 2.08 bits per heavy atom. The highest BCUT2D eigenvalue weighted by atomic mass is 19.1. The van der Waals surface area contributed by atoms with Crippen molar-refractivity contribution < 1.29 is 23.4 Å². The molecule has 2 aromatic rings. The highest BCUT2D eigenvalue weighted by Crippen LogP contribution is 2.39. The van der Waals surface area contributed by atoms with E-state index in [-0.39, 0.29) is 5.69 Å². The molecule has 0 saturated heterocycles. The summed E-state index contributed by atoms with van der Waals surface area (Å²) in [6, 6.07) is 7.22. The fourth-order valence-electron chi connectivity index (χ4n) is 2.33. The molecule has 0 aliphatic heterocycles. The van der Waals surface area contributed by atoms with Crippen LogP contribution in [0.1, 0.15) is 31.1 Å². The van der Waals surface area contributed by atoms with Gasteiger partial charge in [-0.25, -0.2) is 4.39 Å². The van der Waals surface area contributed by atoms with Crippen molar-refractivity contribution in [3.63, 3.8) is 0 Å². The molecular formula is C19H23FN2O4. The van der Waals surface area contributed by atoms with Gasteiger partial charge in [-0.3, -0.25) is 4.79 Å². The first-order chi connectivity index (χ1) is 12.5. The summed E-state index contributed by atoms with van der Waals surface area (Å²) in [7, 11) is 0. The number of nitrogens with two attached hydrogens (primary N) is 1. The van der Waals surface area contributed by atoms with Crippen molar-refractivity contribution in [3.8, 4) is 17.2 Å². The maximum Gasteiger partial charge on any atom is 0.255 e. The molecular weight excluding hydrogens is 339 g/mol. The van der Waals surface area contributed by atoms with Crippen LogP contribution in [0.2, 0.25) is 0 Å². The molecule has 0 saturated carbocycles. The van der Waals surface area contributed by atoms with E-state index in [0.717, 1.165) is 6.07 Å². The molecule has 6 nitrogen and oxygen atoms in total. The van der Waals surface area contributed by atoms with E-state index in [1.54, 1.807) is 12.1 Å². The van der Waals surface area contributed by atoms with Crippen LogP contribution in [0.4, 0.5) is 15.8 Å². The number of hydrogen-bond donors (Lipinski definition) is 2. The number of carbonyl (C=O) groups is 1. The minimum absolute atomic E-state index is 0.0151. The van der Waals surface area contributed by atoms with Crippen LogP contribution in [0, 0.1) is 5.82 Å². The standard InChI is InChI=1S/C19H23FN2O4/c1-4-24-16-9-12(10-17(25-5-2)18(16)26-6-3)19(23)22-13-7-8-15(21)14(20)11-13/h7-11H,4-6,21H2,1-3H3,(H,22,23). The third-order valence-corrected chi connectivity index (χ3v) is 3.43. The largest absolute Gasteiger partial charge is 0.490 e. The summed E-state index contributed by atoms with van der Waals surface area (Å²) < 4.78 is 30.4. The third kappa shape index (κ3) is 4.56. The van der Waals surface area contributed by atoms with Crippen LogP contribution >= 0.6 is 0 Å². The lowest BCUT2D eigenvalue weighted by atomic mass is 10.1. The summed E-state index contributed by atoms with van der Waals surface area (Å²) in [6.07, 6.45) is 0. The van der Waals surface area contributed by atoms with Crippen LogP contribution in [-0.4, -0.2) is 25.7 Å². The van der Waals surface area contributed by atoms with Crippen LogP contribution in [0.25, 0.3) is 0 Å². The SMILES string of the molecule is CCOc1cc(C(=O)Nc2ccc(N)c(F)c2)cc(OCC)c1OCC. The zero-order chi connectivity index (χ0) is 19.1. The van der Waals surface area contributed by atoms with Crippen molar-refractivity contribution >= 4 is 17.3 Å². The molecule has 3 N–H and O–H groups in total. The molecule has 2 aromatic carbocycles. The number of anilines is 2. The summed E-state index contributed by atoms with van der Waals surface area (Å²) in [4.78, 5) is 12.6. The summed E-state index contributed by atoms with van der Waals surface area (Å²) in [5, 5.41) is 2.63. The molecule has 26 heavy (non-hydrogen) atoms. The highest BCUT2D eigenvalue weighted by molar-refractivity contribution is 6.05. The highest BCUT2D eigenvalue weighted by Gasteiger charge is 2.18. The number of nitrogens with one attached hydrogen (secondary N) is 1. The van der Waals surface area contributed by atoms with Gasteiger partial charge in [-0.05, 0) is 51.1 Å². The predicted octanol–water partition coefficient (Wildman–Crippen LogP) is 3.86. The summed E-state index contributed by atoms with van der Waals surface area (Å²) in [6.45, 7) is 6.75. The average molecular weight is 362 g/mol. The number of benzene rings is 2. The summed E-state index contributed by atoms with van der Waals surface area (Å²) in [5.41, 5.74) is 6.06. The number of nitrogen functional groups attached to an aromatic ring is 1. The second kappa shape index (κ2) is 8.94. The lowest BCUT2D eigenvalue weighted by Gasteiger charge is -2.17. The first-order valence-corrected chi connectivity index (χ1v) is 8.42. The Kier molecular flexibility index (Phi) is 6.66. The number of ether oxygens (including phenoxy) is 3. The molecule has 0 aromatic heterocycles. The van der Waals surface area contributed by atoms with Gasteiger partial charge in [-0.15, -0.1) is 0 Å². The average Bonchev–Trinajstić information content (AvgIpc) is 2.61. The van der Waals surface area contributed by atoms with Gasteiger partial charge in [-0.2, -0.15) is 0 Å². The first-order valence-electron chi connectivity index (χ1n) is 8.42. The van der Waals surface area contributed by atoms with E-state index in [9.17, 15) is 9.18 Å². The van der Waals surface area contributed by atoms with Crippen molar-refractivity contribution in [1.82, 2.24) is 0 Å². The van der Waals surface area contributed by atoms with E-state index >= 15 is 0 Å². The van der Waals surface area contributed by atoms with Crippen molar-refractivity contribution in [2.45, 2.75) is 20.8 Å². The number of halogens is 1. The van der Waals surface area contributed by atoms with Crippen LogP contribution in [0.15, 0.2) is 30.3 Å². The fraction of sp³-hybridized carbons (Fsp3) is 0.316. The van der Waals surface area contributed by atoms with Crippen molar-refractivity contribution in [2.75, 3.05) is 30.9 Å². The molecule has 7 heteroatoms. The predicted molar refractivity (Wildman–Crippen MR) is 98.7 cm³/mol. The topological polar surface area (TPSA) is 82.8 Å². The molecule has 0 atom stereocenters. The molecule has 0 unspecified atom stereocenters. The lowest BCUT2D eigenvalue weighted by molar-refractivity contribution is 0.102. The second-order valence-corrected chi connectivity index (χ2v) is 5.29. The maximum absolute atomic E-state index is 13.6. The number of amides is 1. The van der Waals surface area contributed by atoms with Gasteiger partial charge in [0.25, 0.3) is 5.91 Å². The lowest BCUT2D eigenvalue weighted by Crippen LogP contribution is -2.13. The fourth-order valence-corrected chi connectivity index (χ4v) is 2.33. The van der Waals surface area contributed by atoms with Gasteiger partial charge in [0.1, 0.15) is 5.82 Å². The van der Waals surface area contributed by atoms with Gasteiger partial charge in [0, 0.05) is 11.3 Å². The second-order valence-electron chi connectivity index (χ2n) is 5.29. The third-order valence-electron chi connectivity index (χ3n) is 3.43. The Bertz CT molecular complexity index is 753. The smallest absolute Gasteiger partial charge is 0.255 e. The zero-order valence-corrected chi connectivity index (χ0v) is 15.1. The summed E-state index contributed by atoms with van der Waals surface area (Å²) in [5.74, 6) is 0.243. The Labute approximate surface area is 152 Å². The Balaban J connectivity index is 2.36. The minimum atomic E-state index is -0.598. The Morgan fingerprint density at radius 2 is 1.58 bits per heavy atom. The van der Waals surface area contributed by atoms with Crippen LogP contribution in [0.3, 0.4) is 0 Å². The zero-order valence-electron chi connectivity index (χ0n) is 15.1. The molecule has 0 aliphatic rings. The van der Waals surface area contributed by atoms with Gasteiger partial charge in [0.15, 0.2) is 11.5 Å². The van der Waals surface area contributed by atoms with E-state index in [2.05, 4.69) is 5.32 Å². The first kappa shape index (κ1) is 19.4. The Morgan fingerprint density at radius 1 is 1.00 bits per heavy atom. The molecule has 0 spiro atoms. The minimum Gasteiger partial charge on any atom is -0.490 e. The van der Waals surface area contributed by atoms with Gasteiger partial charge < -0.3 is 25.3 Å². The van der Waals surface area contributed by atoms with Gasteiger partial charge in [0.2, 0.25) is 5.75 Å². The van der Waals surface area contributed by atoms with Gasteiger partial charge >= 0.3 is 0 Å². The molecule has 1 amide bonds. The van der Waals surface area contributed by atoms with E-state index in [4.69, 9.17) is 19.9 Å². The number of carbonyl (C=O) groups excluding carboxylic acids is 1. The quantitative estimate of drug-likeness (QED) is 0.697. The van der Waals surface area contributed by atoms with Crippen molar-refractivity contribution in [2.24, 2.45) is 0 Å². The molecule has 0 aliphatic carbocycles.